The second-order valence-corrected chi connectivity index (χ2v) is 7.17. The van der Waals surface area contributed by atoms with E-state index in [1.54, 1.807) is 0 Å². The molecular weight excluding hydrogens is 262 g/mol. The Hall–Kier alpha value is -1.71. The van der Waals surface area contributed by atoms with Crippen LogP contribution in [0.15, 0.2) is 24.3 Å². The molecule has 0 aliphatic heterocycles. The van der Waals surface area contributed by atoms with E-state index in [1.165, 1.54) is 32.1 Å². The summed E-state index contributed by atoms with van der Waals surface area (Å²) in [5, 5.41) is 6.36. The maximum Gasteiger partial charge on any atom is 0.316 e. The monoisotopic (exact) mass is 285 g/mol. The number of nitrogens with two attached hydrogens (primary N) is 1. The molecular formula is C17H23N3O. The fourth-order valence-corrected chi connectivity index (χ4v) is 5.15. The number of urea groups is 1. The van der Waals surface area contributed by atoms with Crippen molar-refractivity contribution in [3.05, 3.63) is 24.3 Å². The van der Waals surface area contributed by atoms with Crippen molar-refractivity contribution in [2.45, 2.75) is 38.1 Å². The summed E-state index contributed by atoms with van der Waals surface area (Å²) in [6.45, 7) is 0. The van der Waals surface area contributed by atoms with Crippen molar-refractivity contribution in [3.8, 4) is 0 Å². The minimum absolute atomic E-state index is 0.517. The number of amides is 2. The molecule has 4 N–H and O–H groups in total. The molecule has 4 aliphatic carbocycles. The first-order valence-corrected chi connectivity index (χ1v) is 8.10. The lowest BCUT2D eigenvalue weighted by Crippen LogP contribution is -2.51. The Morgan fingerprint density at radius 3 is 1.95 bits per heavy atom. The van der Waals surface area contributed by atoms with Crippen LogP contribution in [0.25, 0.3) is 0 Å². The van der Waals surface area contributed by atoms with E-state index in [0.717, 1.165) is 35.0 Å². The van der Waals surface area contributed by atoms with Crippen LogP contribution in [-0.2, 0) is 0 Å². The van der Waals surface area contributed by atoms with Gasteiger partial charge in [0.15, 0.2) is 0 Å². The van der Waals surface area contributed by atoms with Crippen molar-refractivity contribution in [2.75, 3.05) is 10.6 Å². The van der Waals surface area contributed by atoms with Gasteiger partial charge in [-0.25, -0.2) is 4.79 Å². The summed E-state index contributed by atoms with van der Waals surface area (Å²) in [5.41, 5.74) is 7.03. The smallest absolute Gasteiger partial charge is 0.316 e. The van der Waals surface area contributed by atoms with E-state index in [1.807, 2.05) is 24.3 Å². The molecule has 4 aliphatic rings. The van der Waals surface area contributed by atoms with Gasteiger partial charge in [0, 0.05) is 17.4 Å². The maximum absolute atomic E-state index is 10.8. The van der Waals surface area contributed by atoms with Gasteiger partial charge in [0.2, 0.25) is 0 Å². The normalized spacial score (nSPS) is 36.5. The van der Waals surface area contributed by atoms with Crippen LogP contribution in [0.1, 0.15) is 32.1 Å². The zero-order chi connectivity index (χ0) is 14.4. The largest absolute Gasteiger partial charge is 0.382 e. The quantitative estimate of drug-likeness (QED) is 0.796. The van der Waals surface area contributed by atoms with E-state index >= 15 is 0 Å². The minimum Gasteiger partial charge on any atom is -0.382 e. The summed E-state index contributed by atoms with van der Waals surface area (Å²) in [5.74, 6) is 3.75. The molecule has 112 valence electrons. The lowest BCUT2D eigenvalue weighted by atomic mass is 9.54. The van der Waals surface area contributed by atoms with Gasteiger partial charge in [-0.2, -0.15) is 0 Å². The first-order chi connectivity index (χ1) is 10.2. The average molecular weight is 285 g/mol. The van der Waals surface area contributed by atoms with Crippen LogP contribution >= 0.6 is 0 Å². The molecule has 4 fully saturated rings. The fraction of sp³-hybridized carbons (Fsp3) is 0.588. The second kappa shape index (κ2) is 4.93. The summed E-state index contributed by atoms with van der Waals surface area (Å²) >= 11 is 0. The molecule has 4 saturated carbocycles. The van der Waals surface area contributed by atoms with Gasteiger partial charge in [-0.1, -0.05) is 0 Å². The summed E-state index contributed by atoms with van der Waals surface area (Å²) < 4.78 is 0. The molecule has 0 unspecified atom stereocenters. The lowest BCUT2D eigenvalue weighted by Gasteiger charge is -2.54. The highest BCUT2D eigenvalue weighted by molar-refractivity contribution is 5.87. The molecule has 5 rings (SSSR count). The predicted octanol–water partition coefficient (Wildman–Crippen LogP) is 3.41. The van der Waals surface area contributed by atoms with E-state index in [0.29, 0.717) is 6.04 Å². The van der Waals surface area contributed by atoms with Crippen molar-refractivity contribution in [1.29, 1.82) is 0 Å². The van der Waals surface area contributed by atoms with Gasteiger partial charge >= 0.3 is 6.03 Å². The minimum atomic E-state index is -0.517. The highest BCUT2D eigenvalue weighted by atomic mass is 16.2. The molecule has 0 saturated heterocycles. The van der Waals surface area contributed by atoms with Crippen molar-refractivity contribution in [3.63, 3.8) is 0 Å². The number of primary amides is 1. The molecule has 0 atom stereocenters. The van der Waals surface area contributed by atoms with Crippen LogP contribution in [0.2, 0.25) is 0 Å². The third kappa shape index (κ3) is 2.47. The molecule has 4 nitrogen and oxygen atoms in total. The number of nitrogens with one attached hydrogen (secondary N) is 2. The maximum atomic E-state index is 10.8. The molecule has 0 radical (unpaired) electrons. The number of carbonyl (C=O) groups excluding carboxylic acids is 1. The van der Waals surface area contributed by atoms with Crippen LogP contribution in [0, 0.1) is 23.7 Å². The van der Waals surface area contributed by atoms with Gasteiger partial charge in [0.25, 0.3) is 0 Å². The van der Waals surface area contributed by atoms with Gasteiger partial charge in [-0.05, 0) is 80.0 Å². The Kier molecular flexibility index (Phi) is 3.05. The van der Waals surface area contributed by atoms with Crippen molar-refractivity contribution >= 4 is 17.4 Å². The Bertz CT molecular complexity index is 511. The third-order valence-corrected chi connectivity index (χ3v) is 5.71. The Morgan fingerprint density at radius 2 is 1.43 bits per heavy atom. The zero-order valence-electron chi connectivity index (χ0n) is 12.2. The lowest BCUT2D eigenvalue weighted by molar-refractivity contribution is 0.00754. The predicted molar refractivity (Wildman–Crippen MR) is 84.1 cm³/mol. The third-order valence-electron chi connectivity index (χ3n) is 5.71. The molecule has 1 aromatic rings. The Labute approximate surface area is 125 Å². The van der Waals surface area contributed by atoms with Gasteiger partial charge in [0.05, 0.1) is 0 Å². The standard InChI is InChI=1S/C17H23N3O/c18-17(21)20-15-3-1-14(2-4-15)19-16-12-6-10-5-11(8-12)9-13(16)7-10/h1-4,10-13,16,19H,5-9H2,(H3,18,20,21). The summed E-state index contributed by atoms with van der Waals surface area (Å²) in [6.07, 6.45) is 7.18. The molecule has 2 amide bonds. The summed E-state index contributed by atoms with van der Waals surface area (Å²) in [6, 6.07) is 8.02. The summed E-state index contributed by atoms with van der Waals surface area (Å²) in [7, 11) is 0. The Morgan fingerprint density at radius 1 is 0.905 bits per heavy atom. The van der Waals surface area contributed by atoms with Gasteiger partial charge in [-0.15, -0.1) is 0 Å². The van der Waals surface area contributed by atoms with E-state index in [9.17, 15) is 4.79 Å². The van der Waals surface area contributed by atoms with E-state index in [-0.39, 0.29) is 0 Å². The number of anilines is 2. The van der Waals surface area contributed by atoms with Gasteiger partial charge in [-0.3, -0.25) is 0 Å². The van der Waals surface area contributed by atoms with Crippen LogP contribution in [0.3, 0.4) is 0 Å². The number of hydrogen-bond donors (Lipinski definition) is 3. The van der Waals surface area contributed by atoms with Crippen LogP contribution in [0.5, 0.6) is 0 Å². The molecule has 0 spiro atoms. The number of hydrogen-bond acceptors (Lipinski definition) is 2. The molecule has 4 heteroatoms. The number of carbonyl (C=O) groups is 1. The van der Waals surface area contributed by atoms with Crippen molar-refractivity contribution < 1.29 is 4.79 Å². The first kappa shape index (κ1) is 13.0. The zero-order valence-corrected chi connectivity index (χ0v) is 12.2. The van der Waals surface area contributed by atoms with Gasteiger partial charge < -0.3 is 16.4 Å². The first-order valence-electron chi connectivity index (χ1n) is 8.10. The SMILES string of the molecule is NC(=O)Nc1ccc(NC2C3CC4CC(C3)CC2C4)cc1. The molecule has 0 heterocycles. The molecule has 4 bridgehead atoms. The van der Waals surface area contributed by atoms with E-state index in [4.69, 9.17) is 5.73 Å². The second-order valence-electron chi connectivity index (χ2n) is 7.17. The fourth-order valence-electron chi connectivity index (χ4n) is 5.15. The molecule has 21 heavy (non-hydrogen) atoms. The van der Waals surface area contributed by atoms with Crippen LogP contribution < -0.4 is 16.4 Å². The number of benzene rings is 1. The van der Waals surface area contributed by atoms with E-state index < -0.39 is 6.03 Å². The average Bonchev–Trinajstić information content (AvgIpc) is 2.43. The van der Waals surface area contributed by atoms with Crippen molar-refractivity contribution in [2.24, 2.45) is 29.4 Å². The van der Waals surface area contributed by atoms with Crippen LogP contribution in [0.4, 0.5) is 16.2 Å². The van der Waals surface area contributed by atoms with Gasteiger partial charge in [0.1, 0.15) is 0 Å². The van der Waals surface area contributed by atoms with E-state index in [2.05, 4.69) is 10.6 Å². The van der Waals surface area contributed by atoms with Crippen molar-refractivity contribution in [1.82, 2.24) is 0 Å². The summed E-state index contributed by atoms with van der Waals surface area (Å²) in [4.78, 5) is 10.8. The highest BCUT2D eigenvalue weighted by Crippen LogP contribution is 2.54. The molecule has 0 aromatic heterocycles. The topological polar surface area (TPSA) is 67.2 Å². The molecule has 1 aromatic carbocycles. The Balaban J connectivity index is 1.45. The highest BCUT2D eigenvalue weighted by Gasteiger charge is 2.48. The van der Waals surface area contributed by atoms with Crippen LogP contribution in [-0.4, -0.2) is 12.1 Å². The number of rotatable bonds is 3.